The number of hydrogen-bond donors (Lipinski definition) is 1. The van der Waals surface area contributed by atoms with Crippen LogP contribution in [0, 0.1) is 13.8 Å². The van der Waals surface area contributed by atoms with E-state index in [1.54, 1.807) is 0 Å². The van der Waals surface area contributed by atoms with Gasteiger partial charge in [-0.3, -0.25) is 0 Å². The fourth-order valence-electron chi connectivity index (χ4n) is 3.44. The van der Waals surface area contributed by atoms with Crippen LogP contribution in [0.25, 0.3) is 0 Å². The molecule has 1 heterocycles. The van der Waals surface area contributed by atoms with Gasteiger partial charge < -0.3 is 19.9 Å². The number of aryl methyl sites for hydroxylation is 2. The molecule has 1 saturated heterocycles. The fourth-order valence-corrected chi connectivity index (χ4v) is 3.69. The number of rotatable bonds is 6. The predicted octanol–water partition coefficient (Wildman–Crippen LogP) is 4.75. The van der Waals surface area contributed by atoms with E-state index in [0.29, 0.717) is 0 Å². The molecule has 0 unspecified atom stereocenters. The summed E-state index contributed by atoms with van der Waals surface area (Å²) in [5.74, 6) is 0. The van der Waals surface area contributed by atoms with Crippen LogP contribution in [-0.2, 0) is 11.3 Å². The Morgan fingerprint density at radius 3 is 2.54 bits per heavy atom. The number of thiocarbonyl (C=S) groups is 1. The van der Waals surface area contributed by atoms with Crippen molar-refractivity contribution in [1.82, 2.24) is 4.90 Å². The minimum absolute atomic E-state index is 0.249. The van der Waals surface area contributed by atoms with Crippen molar-refractivity contribution in [2.24, 2.45) is 0 Å². The topological polar surface area (TPSA) is 27.7 Å². The van der Waals surface area contributed by atoms with Crippen molar-refractivity contribution < 1.29 is 4.74 Å². The molecule has 150 valence electrons. The minimum atomic E-state index is 0.249. The molecule has 1 atom stereocenters. The summed E-state index contributed by atoms with van der Waals surface area (Å²) in [5, 5.41) is 4.22. The SMILES string of the molecule is Cc1ccc(C)c(NC(=S)N(Cc2ccc(N(C)C)cc2)C[C@H]2CCCO2)c1. The van der Waals surface area contributed by atoms with E-state index in [2.05, 4.69) is 85.5 Å². The van der Waals surface area contributed by atoms with Crippen LogP contribution < -0.4 is 10.2 Å². The average molecular weight is 398 g/mol. The van der Waals surface area contributed by atoms with Crippen LogP contribution in [0.4, 0.5) is 11.4 Å². The zero-order chi connectivity index (χ0) is 20.1. The van der Waals surface area contributed by atoms with Crippen LogP contribution in [0.2, 0.25) is 0 Å². The standard InChI is InChI=1S/C23H31N3OS/c1-17-7-8-18(2)22(14-17)24-23(28)26(16-21-6-5-13-27-21)15-19-9-11-20(12-10-19)25(3)4/h7-12,14,21H,5-6,13,15-16H2,1-4H3,(H,24,28)/t21-/m1/s1. The van der Waals surface area contributed by atoms with E-state index >= 15 is 0 Å². The van der Waals surface area contributed by atoms with Gasteiger partial charge in [-0.25, -0.2) is 0 Å². The van der Waals surface area contributed by atoms with Gasteiger partial charge >= 0.3 is 0 Å². The van der Waals surface area contributed by atoms with Crippen LogP contribution in [0.3, 0.4) is 0 Å². The first-order valence-electron chi connectivity index (χ1n) is 9.93. The van der Waals surface area contributed by atoms with Gasteiger partial charge in [0.15, 0.2) is 5.11 Å². The molecule has 1 fully saturated rings. The second-order valence-electron chi connectivity index (χ2n) is 7.82. The van der Waals surface area contributed by atoms with Crippen LogP contribution in [0.5, 0.6) is 0 Å². The number of nitrogens with zero attached hydrogens (tertiary/aromatic N) is 2. The largest absolute Gasteiger partial charge is 0.378 e. The average Bonchev–Trinajstić information content (AvgIpc) is 3.17. The molecule has 2 aromatic rings. The highest BCUT2D eigenvalue weighted by molar-refractivity contribution is 7.80. The third kappa shape index (κ3) is 5.46. The second kappa shape index (κ2) is 9.39. The molecule has 4 nitrogen and oxygen atoms in total. The molecule has 3 rings (SSSR count). The molecule has 2 aromatic carbocycles. The van der Waals surface area contributed by atoms with Crippen molar-refractivity contribution in [2.45, 2.75) is 39.3 Å². The second-order valence-corrected chi connectivity index (χ2v) is 8.21. The third-order valence-corrected chi connectivity index (χ3v) is 5.56. The molecule has 1 N–H and O–H groups in total. The lowest BCUT2D eigenvalue weighted by Crippen LogP contribution is -2.39. The molecule has 0 spiro atoms. The summed E-state index contributed by atoms with van der Waals surface area (Å²) in [5.41, 5.74) is 5.94. The highest BCUT2D eigenvalue weighted by Gasteiger charge is 2.21. The van der Waals surface area contributed by atoms with E-state index in [4.69, 9.17) is 17.0 Å². The molecular formula is C23H31N3OS. The number of ether oxygens (including phenoxy) is 1. The predicted molar refractivity (Wildman–Crippen MR) is 122 cm³/mol. The lowest BCUT2D eigenvalue weighted by atomic mass is 10.1. The van der Waals surface area contributed by atoms with Gasteiger partial charge in [-0.15, -0.1) is 0 Å². The highest BCUT2D eigenvalue weighted by atomic mass is 32.1. The minimum Gasteiger partial charge on any atom is -0.378 e. The first-order chi connectivity index (χ1) is 13.4. The zero-order valence-electron chi connectivity index (χ0n) is 17.4. The molecular weight excluding hydrogens is 366 g/mol. The summed E-state index contributed by atoms with van der Waals surface area (Å²) in [6, 6.07) is 15.1. The van der Waals surface area contributed by atoms with Gasteiger partial charge in [0.25, 0.3) is 0 Å². The Balaban J connectivity index is 1.75. The Hall–Kier alpha value is -2.11. The summed E-state index contributed by atoms with van der Waals surface area (Å²) in [6.07, 6.45) is 2.48. The maximum absolute atomic E-state index is 5.88. The van der Waals surface area contributed by atoms with Crippen LogP contribution in [0.15, 0.2) is 42.5 Å². The Kier molecular flexibility index (Phi) is 6.92. The van der Waals surface area contributed by atoms with E-state index < -0.39 is 0 Å². The maximum atomic E-state index is 5.88. The Bertz CT molecular complexity index is 798. The van der Waals surface area contributed by atoms with Gasteiger partial charge in [-0.2, -0.15) is 0 Å². The van der Waals surface area contributed by atoms with Crippen molar-refractivity contribution in [3.8, 4) is 0 Å². The molecule has 5 heteroatoms. The van der Waals surface area contributed by atoms with Gasteiger partial charge in [0, 0.05) is 45.2 Å². The van der Waals surface area contributed by atoms with Gasteiger partial charge in [0.2, 0.25) is 0 Å². The monoisotopic (exact) mass is 397 g/mol. The first-order valence-corrected chi connectivity index (χ1v) is 10.3. The molecule has 0 amide bonds. The van der Waals surface area contributed by atoms with Crippen molar-refractivity contribution in [2.75, 3.05) is 37.5 Å². The van der Waals surface area contributed by atoms with E-state index in [-0.39, 0.29) is 6.10 Å². The molecule has 28 heavy (non-hydrogen) atoms. The summed E-state index contributed by atoms with van der Waals surface area (Å²) in [6.45, 7) is 6.64. The molecule has 1 aliphatic rings. The fraction of sp³-hybridized carbons (Fsp3) is 0.435. The van der Waals surface area contributed by atoms with Crippen molar-refractivity contribution >= 4 is 28.7 Å². The van der Waals surface area contributed by atoms with Gasteiger partial charge in [-0.05, 0) is 73.8 Å². The first kappa shape index (κ1) is 20.6. The smallest absolute Gasteiger partial charge is 0.173 e. The summed E-state index contributed by atoms with van der Waals surface area (Å²) in [7, 11) is 4.12. The molecule has 0 bridgehead atoms. The van der Waals surface area contributed by atoms with Crippen LogP contribution >= 0.6 is 12.2 Å². The molecule has 1 aliphatic heterocycles. The van der Waals surface area contributed by atoms with E-state index in [1.165, 1.54) is 22.4 Å². The van der Waals surface area contributed by atoms with Crippen molar-refractivity contribution in [3.05, 3.63) is 59.2 Å². The van der Waals surface area contributed by atoms with Gasteiger partial charge in [0.05, 0.1) is 6.10 Å². The Labute approximate surface area is 174 Å². The van der Waals surface area contributed by atoms with E-state index in [1.807, 2.05) is 0 Å². The van der Waals surface area contributed by atoms with Gasteiger partial charge in [-0.1, -0.05) is 24.3 Å². The number of benzene rings is 2. The van der Waals surface area contributed by atoms with Crippen molar-refractivity contribution in [3.63, 3.8) is 0 Å². The van der Waals surface area contributed by atoms with E-state index in [9.17, 15) is 0 Å². The Morgan fingerprint density at radius 1 is 1.14 bits per heavy atom. The summed E-state index contributed by atoms with van der Waals surface area (Å²) >= 11 is 5.81. The quantitative estimate of drug-likeness (QED) is 0.710. The van der Waals surface area contributed by atoms with Gasteiger partial charge in [0.1, 0.15) is 0 Å². The summed E-state index contributed by atoms with van der Waals surface area (Å²) < 4.78 is 5.88. The lowest BCUT2D eigenvalue weighted by Gasteiger charge is -2.29. The number of anilines is 2. The number of nitrogens with one attached hydrogen (secondary N) is 1. The van der Waals surface area contributed by atoms with Crippen LogP contribution in [-0.4, -0.2) is 43.4 Å². The zero-order valence-corrected chi connectivity index (χ0v) is 18.2. The number of hydrogen-bond acceptors (Lipinski definition) is 3. The molecule has 0 saturated carbocycles. The summed E-state index contributed by atoms with van der Waals surface area (Å²) in [4.78, 5) is 4.35. The van der Waals surface area contributed by atoms with E-state index in [0.717, 1.165) is 43.3 Å². The highest BCUT2D eigenvalue weighted by Crippen LogP contribution is 2.20. The Morgan fingerprint density at radius 2 is 1.89 bits per heavy atom. The lowest BCUT2D eigenvalue weighted by molar-refractivity contribution is 0.0905. The molecule has 0 aromatic heterocycles. The molecule has 0 aliphatic carbocycles. The maximum Gasteiger partial charge on any atom is 0.173 e. The van der Waals surface area contributed by atoms with Crippen molar-refractivity contribution in [1.29, 1.82) is 0 Å². The van der Waals surface area contributed by atoms with Crippen LogP contribution in [0.1, 0.15) is 29.5 Å². The molecule has 0 radical (unpaired) electrons. The normalized spacial score (nSPS) is 16.1. The third-order valence-electron chi connectivity index (χ3n) is 5.20.